The summed E-state index contributed by atoms with van der Waals surface area (Å²) in [5.41, 5.74) is 7.48. The molecule has 0 unspecified atom stereocenters. The third-order valence-electron chi connectivity index (χ3n) is 2.89. The number of carbonyl (C=O) groups is 1. The first-order chi connectivity index (χ1) is 9.65. The molecule has 0 aromatic heterocycles. The Morgan fingerprint density at radius 3 is 2.75 bits per heavy atom. The van der Waals surface area contributed by atoms with Crippen molar-refractivity contribution in [1.82, 2.24) is 0 Å². The summed E-state index contributed by atoms with van der Waals surface area (Å²) >= 11 is 5.93. The molecule has 2 aromatic rings. The highest BCUT2D eigenvalue weighted by atomic mass is 35.5. The number of ether oxygens (including phenoxy) is 1. The van der Waals surface area contributed by atoms with Crippen molar-refractivity contribution in [2.75, 3.05) is 12.4 Å². The van der Waals surface area contributed by atoms with Crippen molar-refractivity contribution in [3.05, 3.63) is 58.6 Å². The Balaban J connectivity index is 2.30. The van der Waals surface area contributed by atoms with Gasteiger partial charge in [-0.15, -0.1) is 0 Å². The number of nitrogens with two attached hydrogens (primary N) is 1. The third-order valence-corrected chi connectivity index (χ3v) is 3.13. The van der Waals surface area contributed by atoms with Crippen molar-refractivity contribution in [3.8, 4) is 5.75 Å². The highest BCUT2D eigenvalue weighted by Crippen LogP contribution is 2.28. The van der Waals surface area contributed by atoms with Gasteiger partial charge in [-0.05, 0) is 29.8 Å². The number of amides is 1. The van der Waals surface area contributed by atoms with Gasteiger partial charge in [-0.25, -0.2) is 0 Å². The van der Waals surface area contributed by atoms with Crippen LogP contribution in [-0.2, 0) is 6.54 Å². The fourth-order valence-electron chi connectivity index (χ4n) is 1.89. The second-order valence-corrected chi connectivity index (χ2v) is 4.60. The number of anilines is 1. The fraction of sp³-hybridized carbons (Fsp3) is 0.133. The molecular weight excluding hydrogens is 276 g/mol. The average Bonchev–Trinajstić information content (AvgIpc) is 2.47. The molecule has 20 heavy (non-hydrogen) atoms. The van der Waals surface area contributed by atoms with Gasteiger partial charge in [0.05, 0.1) is 12.8 Å². The summed E-state index contributed by atoms with van der Waals surface area (Å²) in [6.45, 7) is 0.302. The van der Waals surface area contributed by atoms with Crippen molar-refractivity contribution in [2.45, 2.75) is 6.54 Å². The van der Waals surface area contributed by atoms with Crippen LogP contribution in [0.5, 0.6) is 5.75 Å². The lowest BCUT2D eigenvalue weighted by Crippen LogP contribution is -2.16. The largest absolute Gasteiger partial charge is 0.495 e. The molecule has 0 saturated heterocycles. The van der Waals surface area contributed by atoms with E-state index in [4.69, 9.17) is 22.1 Å². The minimum absolute atomic E-state index is 0.244. The Bertz CT molecular complexity index is 629. The number of hydrogen-bond donors (Lipinski definition) is 2. The zero-order chi connectivity index (χ0) is 14.5. The Morgan fingerprint density at radius 1 is 1.30 bits per heavy atom. The number of nitrogens with one attached hydrogen (secondary N) is 1. The van der Waals surface area contributed by atoms with Gasteiger partial charge in [0.1, 0.15) is 5.75 Å². The second kappa shape index (κ2) is 6.41. The molecule has 0 aliphatic carbocycles. The predicted molar refractivity (Wildman–Crippen MR) is 80.3 cm³/mol. The van der Waals surface area contributed by atoms with Gasteiger partial charge in [0.15, 0.2) is 0 Å². The van der Waals surface area contributed by atoms with Crippen LogP contribution in [0.4, 0.5) is 5.69 Å². The van der Waals surface area contributed by atoms with Gasteiger partial charge in [-0.2, -0.15) is 0 Å². The van der Waals surface area contributed by atoms with E-state index in [1.807, 2.05) is 12.1 Å². The SMILES string of the molecule is COc1ccc(Cl)cc1NC(=O)c1ccccc1CN. The zero-order valence-corrected chi connectivity index (χ0v) is 11.8. The Hall–Kier alpha value is -2.04. The van der Waals surface area contributed by atoms with E-state index in [1.165, 1.54) is 7.11 Å². The molecule has 2 aromatic carbocycles. The number of rotatable bonds is 4. The average molecular weight is 291 g/mol. The molecule has 0 aliphatic rings. The van der Waals surface area contributed by atoms with Crippen molar-refractivity contribution >= 4 is 23.2 Å². The van der Waals surface area contributed by atoms with Crippen LogP contribution in [0.1, 0.15) is 15.9 Å². The lowest BCUT2D eigenvalue weighted by atomic mass is 10.1. The quantitative estimate of drug-likeness (QED) is 0.909. The topological polar surface area (TPSA) is 64.3 Å². The molecule has 0 atom stereocenters. The molecule has 0 saturated carbocycles. The van der Waals surface area contributed by atoms with Gasteiger partial charge in [0.2, 0.25) is 0 Å². The van der Waals surface area contributed by atoms with E-state index in [0.29, 0.717) is 28.6 Å². The van der Waals surface area contributed by atoms with Crippen molar-refractivity contribution in [3.63, 3.8) is 0 Å². The number of benzene rings is 2. The maximum absolute atomic E-state index is 12.3. The van der Waals surface area contributed by atoms with Gasteiger partial charge in [0, 0.05) is 17.1 Å². The molecule has 1 amide bonds. The van der Waals surface area contributed by atoms with E-state index < -0.39 is 0 Å². The minimum atomic E-state index is -0.244. The Morgan fingerprint density at radius 2 is 2.05 bits per heavy atom. The molecule has 3 N–H and O–H groups in total. The lowest BCUT2D eigenvalue weighted by Gasteiger charge is -2.12. The number of halogens is 1. The lowest BCUT2D eigenvalue weighted by molar-refractivity contribution is 0.102. The van der Waals surface area contributed by atoms with Gasteiger partial charge in [-0.1, -0.05) is 29.8 Å². The number of methoxy groups -OCH3 is 1. The molecule has 104 valence electrons. The summed E-state index contributed by atoms with van der Waals surface area (Å²) in [6.07, 6.45) is 0. The summed E-state index contributed by atoms with van der Waals surface area (Å²) in [7, 11) is 1.53. The smallest absolute Gasteiger partial charge is 0.256 e. The number of hydrogen-bond acceptors (Lipinski definition) is 3. The van der Waals surface area contributed by atoms with E-state index in [9.17, 15) is 4.79 Å². The molecule has 0 bridgehead atoms. The second-order valence-electron chi connectivity index (χ2n) is 4.16. The third kappa shape index (κ3) is 3.10. The minimum Gasteiger partial charge on any atom is -0.495 e. The summed E-state index contributed by atoms with van der Waals surface area (Å²) in [5.74, 6) is 0.305. The van der Waals surface area contributed by atoms with Crippen LogP contribution in [0, 0.1) is 0 Å². The van der Waals surface area contributed by atoms with Crippen molar-refractivity contribution in [2.24, 2.45) is 5.73 Å². The first-order valence-electron chi connectivity index (χ1n) is 6.08. The number of carbonyl (C=O) groups excluding carboxylic acids is 1. The van der Waals surface area contributed by atoms with E-state index in [0.717, 1.165) is 5.56 Å². The summed E-state index contributed by atoms with van der Waals surface area (Å²) < 4.78 is 5.20. The van der Waals surface area contributed by atoms with Crippen molar-refractivity contribution < 1.29 is 9.53 Å². The van der Waals surface area contributed by atoms with Crippen LogP contribution >= 0.6 is 11.6 Å². The summed E-state index contributed by atoms with van der Waals surface area (Å²) in [5, 5.41) is 3.31. The standard InChI is InChI=1S/C15H15ClN2O2/c1-20-14-7-6-11(16)8-13(14)18-15(19)12-5-3-2-4-10(12)9-17/h2-8H,9,17H2,1H3,(H,18,19). The van der Waals surface area contributed by atoms with E-state index in [1.54, 1.807) is 30.3 Å². The van der Waals surface area contributed by atoms with Crippen LogP contribution in [0.3, 0.4) is 0 Å². The van der Waals surface area contributed by atoms with E-state index in [2.05, 4.69) is 5.32 Å². The van der Waals surface area contributed by atoms with Gasteiger partial charge >= 0.3 is 0 Å². The van der Waals surface area contributed by atoms with Gasteiger partial charge in [-0.3, -0.25) is 4.79 Å². The molecule has 0 aliphatic heterocycles. The van der Waals surface area contributed by atoms with Gasteiger partial charge in [0.25, 0.3) is 5.91 Å². The highest BCUT2D eigenvalue weighted by molar-refractivity contribution is 6.31. The fourth-order valence-corrected chi connectivity index (χ4v) is 2.06. The molecule has 0 radical (unpaired) electrons. The molecule has 4 nitrogen and oxygen atoms in total. The van der Waals surface area contributed by atoms with Gasteiger partial charge < -0.3 is 15.8 Å². The monoisotopic (exact) mass is 290 g/mol. The van der Waals surface area contributed by atoms with Crippen LogP contribution < -0.4 is 15.8 Å². The Kier molecular flexibility index (Phi) is 4.61. The van der Waals surface area contributed by atoms with Crippen molar-refractivity contribution in [1.29, 1.82) is 0 Å². The molecule has 0 spiro atoms. The van der Waals surface area contributed by atoms with Crippen LogP contribution in [0.2, 0.25) is 5.02 Å². The Labute approximate surface area is 122 Å². The van der Waals surface area contributed by atoms with Crippen LogP contribution in [-0.4, -0.2) is 13.0 Å². The molecule has 0 fully saturated rings. The summed E-state index contributed by atoms with van der Waals surface area (Å²) in [4.78, 5) is 12.3. The highest BCUT2D eigenvalue weighted by Gasteiger charge is 2.12. The van der Waals surface area contributed by atoms with E-state index >= 15 is 0 Å². The van der Waals surface area contributed by atoms with Crippen LogP contribution in [0.25, 0.3) is 0 Å². The summed E-state index contributed by atoms with van der Waals surface area (Å²) in [6, 6.07) is 12.2. The zero-order valence-electron chi connectivity index (χ0n) is 11.0. The maximum atomic E-state index is 12.3. The first kappa shape index (κ1) is 14.4. The normalized spacial score (nSPS) is 10.2. The molecule has 2 rings (SSSR count). The van der Waals surface area contributed by atoms with Crippen LogP contribution in [0.15, 0.2) is 42.5 Å². The first-order valence-corrected chi connectivity index (χ1v) is 6.46. The molecule has 0 heterocycles. The van der Waals surface area contributed by atoms with E-state index in [-0.39, 0.29) is 5.91 Å². The molecule has 5 heteroatoms. The molecular formula is C15H15ClN2O2. The maximum Gasteiger partial charge on any atom is 0.256 e. The predicted octanol–water partition coefficient (Wildman–Crippen LogP) is 3.06.